The average Bonchev–Trinajstić information content (AvgIpc) is 2.83. The van der Waals surface area contributed by atoms with Crippen molar-refractivity contribution in [2.75, 3.05) is 19.6 Å². The lowest BCUT2D eigenvalue weighted by Gasteiger charge is -2.47. The number of carbonyl (C=O) groups is 1. The van der Waals surface area contributed by atoms with E-state index in [0.717, 1.165) is 25.9 Å². The van der Waals surface area contributed by atoms with Gasteiger partial charge in [-0.05, 0) is 45.1 Å². The minimum Gasteiger partial charge on any atom is -0.337 e. The van der Waals surface area contributed by atoms with E-state index >= 15 is 0 Å². The lowest BCUT2D eigenvalue weighted by molar-refractivity contribution is -0.139. The van der Waals surface area contributed by atoms with Gasteiger partial charge in [0.1, 0.15) is 0 Å². The number of nitrogens with two attached hydrogens (primary N) is 1. The molecule has 2 heterocycles. The van der Waals surface area contributed by atoms with Crippen LogP contribution >= 0.6 is 24.8 Å². The van der Waals surface area contributed by atoms with Gasteiger partial charge in [0.05, 0.1) is 0 Å². The molecule has 3 fully saturated rings. The second-order valence-electron chi connectivity index (χ2n) is 7.10. The van der Waals surface area contributed by atoms with E-state index < -0.39 is 0 Å². The molecule has 1 aliphatic carbocycles. The van der Waals surface area contributed by atoms with E-state index in [2.05, 4.69) is 16.7 Å². The fourth-order valence-corrected chi connectivity index (χ4v) is 4.36. The van der Waals surface area contributed by atoms with Gasteiger partial charge in [-0.1, -0.05) is 12.8 Å². The Balaban J connectivity index is 0.00000121. The number of nitrogens with zero attached hydrogens (tertiary/aromatic N) is 2. The first-order chi connectivity index (χ1) is 9.65. The minimum absolute atomic E-state index is 0. The number of hydrogen-bond donors (Lipinski definition) is 1. The molecule has 6 heteroatoms. The monoisotopic (exact) mass is 351 g/mol. The van der Waals surface area contributed by atoms with Gasteiger partial charge < -0.3 is 10.6 Å². The van der Waals surface area contributed by atoms with Gasteiger partial charge in [-0.15, -0.1) is 24.8 Å². The average molecular weight is 352 g/mol. The van der Waals surface area contributed by atoms with E-state index in [0.29, 0.717) is 30.3 Å². The molecule has 0 aromatic rings. The standard InChI is InChI=1S/C16H29N3O.2ClH/c1-12-10-18-8-3-2-6-14(18)11-19(12)16(20)9-13-5-4-7-15(13)17;;/h12-15H,2-11,17H2,1H3;2*1H/t12?,13-,14?,15+;;/m0../s1. The Bertz CT molecular complexity index is 369. The van der Waals surface area contributed by atoms with Crippen molar-refractivity contribution >= 4 is 30.7 Å². The van der Waals surface area contributed by atoms with Crippen LogP contribution in [0.4, 0.5) is 0 Å². The Morgan fingerprint density at radius 3 is 2.55 bits per heavy atom. The first-order valence-electron chi connectivity index (χ1n) is 8.44. The summed E-state index contributed by atoms with van der Waals surface area (Å²) in [5.74, 6) is 0.782. The lowest BCUT2D eigenvalue weighted by atomic mass is 9.95. The van der Waals surface area contributed by atoms with Gasteiger partial charge in [-0.2, -0.15) is 0 Å². The second-order valence-corrected chi connectivity index (χ2v) is 7.10. The number of amides is 1. The highest BCUT2D eigenvalue weighted by molar-refractivity contribution is 5.85. The smallest absolute Gasteiger partial charge is 0.223 e. The molecule has 3 aliphatic rings. The van der Waals surface area contributed by atoms with Crippen LogP contribution in [0.3, 0.4) is 0 Å². The number of piperazine rings is 1. The van der Waals surface area contributed by atoms with Crippen molar-refractivity contribution in [3.63, 3.8) is 0 Å². The van der Waals surface area contributed by atoms with Crippen LogP contribution in [0, 0.1) is 5.92 Å². The van der Waals surface area contributed by atoms with E-state index in [9.17, 15) is 4.79 Å². The predicted molar refractivity (Wildman–Crippen MR) is 94.8 cm³/mol. The molecule has 22 heavy (non-hydrogen) atoms. The molecule has 2 aliphatic heterocycles. The van der Waals surface area contributed by atoms with Gasteiger partial charge in [0, 0.05) is 37.6 Å². The van der Waals surface area contributed by atoms with Crippen molar-refractivity contribution in [3.05, 3.63) is 0 Å². The van der Waals surface area contributed by atoms with Gasteiger partial charge in [0.25, 0.3) is 0 Å². The van der Waals surface area contributed by atoms with Crippen LogP contribution in [-0.2, 0) is 4.79 Å². The normalized spacial score (nSPS) is 35.3. The molecule has 4 atom stereocenters. The Morgan fingerprint density at radius 2 is 1.86 bits per heavy atom. The third kappa shape index (κ3) is 4.28. The van der Waals surface area contributed by atoms with Crippen LogP contribution in [-0.4, -0.2) is 53.5 Å². The molecule has 4 nitrogen and oxygen atoms in total. The van der Waals surface area contributed by atoms with Crippen LogP contribution < -0.4 is 5.73 Å². The van der Waals surface area contributed by atoms with Gasteiger partial charge in [0.2, 0.25) is 5.91 Å². The molecule has 1 amide bonds. The summed E-state index contributed by atoms with van der Waals surface area (Å²) < 4.78 is 0. The van der Waals surface area contributed by atoms with E-state index in [4.69, 9.17) is 5.73 Å². The van der Waals surface area contributed by atoms with E-state index in [1.807, 2.05) is 0 Å². The molecule has 1 saturated carbocycles. The highest BCUT2D eigenvalue weighted by Crippen LogP contribution is 2.29. The lowest BCUT2D eigenvalue weighted by Crippen LogP contribution is -2.60. The van der Waals surface area contributed by atoms with E-state index in [1.165, 1.54) is 32.2 Å². The van der Waals surface area contributed by atoms with Crippen molar-refractivity contribution in [1.82, 2.24) is 9.80 Å². The molecule has 0 aromatic carbocycles. The van der Waals surface area contributed by atoms with Crippen LogP contribution in [0.2, 0.25) is 0 Å². The minimum atomic E-state index is 0. The third-order valence-corrected chi connectivity index (χ3v) is 5.66. The SMILES string of the molecule is CC1CN2CCCCC2CN1C(=O)C[C@@H]1CCC[C@H]1N.Cl.Cl. The zero-order valence-electron chi connectivity index (χ0n) is 13.6. The Morgan fingerprint density at radius 1 is 1.09 bits per heavy atom. The first kappa shape index (κ1) is 20.0. The number of hydrogen-bond acceptors (Lipinski definition) is 3. The van der Waals surface area contributed by atoms with Crippen LogP contribution in [0.25, 0.3) is 0 Å². The molecule has 0 spiro atoms. The summed E-state index contributed by atoms with van der Waals surface area (Å²) in [6.07, 6.45) is 8.04. The zero-order valence-corrected chi connectivity index (χ0v) is 15.2. The van der Waals surface area contributed by atoms with Crippen LogP contribution in [0.15, 0.2) is 0 Å². The van der Waals surface area contributed by atoms with Crippen molar-refractivity contribution < 1.29 is 4.79 Å². The predicted octanol–water partition coefficient (Wildman–Crippen LogP) is 2.43. The summed E-state index contributed by atoms with van der Waals surface area (Å²) in [4.78, 5) is 17.4. The van der Waals surface area contributed by atoms with E-state index in [1.54, 1.807) is 0 Å². The molecule has 2 saturated heterocycles. The molecular formula is C16H31Cl2N3O. The summed E-state index contributed by atoms with van der Waals surface area (Å²) in [6.45, 7) is 5.44. The first-order valence-corrected chi connectivity index (χ1v) is 8.44. The molecule has 2 unspecified atom stereocenters. The number of halogens is 2. The number of piperidine rings is 1. The van der Waals surface area contributed by atoms with Crippen LogP contribution in [0.1, 0.15) is 51.9 Å². The summed E-state index contributed by atoms with van der Waals surface area (Å²) in [5, 5.41) is 0. The number of fused-ring (bicyclic) bond motifs is 1. The van der Waals surface area contributed by atoms with Gasteiger partial charge >= 0.3 is 0 Å². The van der Waals surface area contributed by atoms with Crippen molar-refractivity contribution in [1.29, 1.82) is 0 Å². The summed E-state index contributed by atoms with van der Waals surface area (Å²) in [7, 11) is 0. The molecule has 0 bridgehead atoms. The maximum Gasteiger partial charge on any atom is 0.223 e. The van der Waals surface area contributed by atoms with Gasteiger partial charge in [0.15, 0.2) is 0 Å². The maximum atomic E-state index is 12.6. The largest absolute Gasteiger partial charge is 0.337 e. The topological polar surface area (TPSA) is 49.6 Å². The Labute approximate surface area is 147 Å². The summed E-state index contributed by atoms with van der Waals surface area (Å²) in [5.41, 5.74) is 6.12. The molecular weight excluding hydrogens is 321 g/mol. The number of rotatable bonds is 2. The second kappa shape index (κ2) is 8.72. The molecule has 0 aromatic heterocycles. The van der Waals surface area contributed by atoms with Gasteiger partial charge in [-0.25, -0.2) is 0 Å². The summed E-state index contributed by atoms with van der Waals surface area (Å²) in [6, 6.07) is 1.24. The Hall–Kier alpha value is -0.0300. The quantitative estimate of drug-likeness (QED) is 0.830. The van der Waals surface area contributed by atoms with Crippen LogP contribution in [0.5, 0.6) is 0 Å². The number of carbonyl (C=O) groups excluding carboxylic acids is 1. The summed E-state index contributed by atoms with van der Waals surface area (Å²) >= 11 is 0. The molecule has 0 radical (unpaired) electrons. The van der Waals surface area contributed by atoms with Crippen molar-refractivity contribution in [3.8, 4) is 0 Å². The maximum absolute atomic E-state index is 12.6. The Kier molecular flexibility index (Phi) is 7.93. The molecule has 3 rings (SSSR count). The molecule has 2 N–H and O–H groups in total. The fourth-order valence-electron chi connectivity index (χ4n) is 4.36. The van der Waals surface area contributed by atoms with Crippen molar-refractivity contribution in [2.24, 2.45) is 11.7 Å². The zero-order chi connectivity index (χ0) is 14.1. The van der Waals surface area contributed by atoms with Crippen molar-refractivity contribution in [2.45, 2.75) is 70.0 Å². The third-order valence-electron chi connectivity index (χ3n) is 5.66. The molecule has 130 valence electrons. The van der Waals surface area contributed by atoms with Gasteiger partial charge in [-0.3, -0.25) is 9.69 Å². The highest BCUT2D eigenvalue weighted by atomic mass is 35.5. The van der Waals surface area contributed by atoms with E-state index in [-0.39, 0.29) is 30.9 Å². The highest BCUT2D eigenvalue weighted by Gasteiger charge is 2.36. The fraction of sp³-hybridized carbons (Fsp3) is 0.938.